The maximum absolute atomic E-state index is 10.8. The molecule has 0 saturated heterocycles. The first-order chi connectivity index (χ1) is 7.67. The quantitative estimate of drug-likeness (QED) is 0.626. The molecule has 0 heterocycles. The molecular formula is C11H14N2O3. The van der Waals surface area contributed by atoms with Crippen LogP contribution in [0.3, 0.4) is 0 Å². The van der Waals surface area contributed by atoms with Crippen LogP contribution in [0.4, 0.5) is 4.79 Å². The maximum Gasteiger partial charge on any atom is 0.427 e. The molecule has 0 aliphatic carbocycles. The Balaban J connectivity index is 2.71. The number of hydrogen-bond donors (Lipinski definition) is 1. The number of amides is 1. The van der Waals surface area contributed by atoms with E-state index in [1.807, 2.05) is 24.3 Å². The number of hydrazone groups is 1. The molecule has 0 saturated carbocycles. The minimum Gasteiger partial charge on any atom is -0.497 e. The number of carbonyl (C=O) groups is 1. The van der Waals surface area contributed by atoms with Gasteiger partial charge in [0.05, 0.1) is 19.9 Å². The van der Waals surface area contributed by atoms with Gasteiger partial charge in [0.15, 0.2) is 0 Å². The Morgan fingerprint density at radius 3 is 2.38 bits per heavy atom. The fourth-order valence-electron chi connectivity index (χ4n) is 1.07. The Bertz CT molecular complexity index is 385. The highest BCUT2D eigenvalue weighted by atomic mass is 16.5. The summed E-state index contributed by atoms with van der Waals surface area (Å²) >= 11 is 0. The second kappa shape index (κ2) is 5.75. The molecule has 16 heavy (non-hydrogen) atoms. The molecule has 1 rings (SSSR count). The Labute approximate surface area is 94.1 Å². The molecule has 0 bridgehead atoms. The van der Waals surface area contributed by atoms with E-state index in [0.717, 1.165) is 11.3 Å². The monoisotopic (exact) mass is 222 g/mol. The van der Waals surface area contributed by atoms with E-state index in [2.05, 4.69) is 15.3 Å². The zero-order valence-electron chi connectivity index (χ0n) is 9.48. The number of benzene rings is 1. The van der Waals surface area contributed by atoms with Gasteiger partial charge in [-0.2, -0.15) is 5.10 Å². The SMILES string of the molecule is COC(=O)N/N=C(\C)c1ccc(OC)cc1. The Kier molecular flexibility index (Phi) is 4.32. The van der Waals surface area contributed by atoms with Crippen molar-refractivity contribution in [1.29, 1.82) is 0 Å². The normalized spacial score (nSPS) is 10.8. The van der Waals surface area contributed by atoms with Crippen molar-refractivity contribution in [1.82, 2.24) is 5.43 Å². The molecule has 5 nitrogen and oxygen atoms in total. The second-order valence-electron chi connectivity index (χ2n) is 3.03. The Hall–Kier alpha value is -2.04. The third-order valence-corrected chi connectivity index (χ3v) is 2.01. The van der Waals surface area contributed by atoms with Crippen LogP contribution in [-0.2, 0) is 4.74 Å². The van der Waals surface area contributed by atoms with Crippen molar-refractivity contribution >= 4 is 11.8 Å². The van der Waals surface area contributed by atoms with E-state index >= 15 is 0 Å². The van der Waals surface area contributed by atoms with Crippen LogP contribution in [0.2, 0.25) is 0 Å². The molecule has 1 amide bonds. The molecule has 0 spiro atoms. The van der Waals surface area contributed by atoms with Crippen LogP contribution < -0.4 is 10.2 Å². The molecule has 0 fully saturated rings. The van der Waals surface area contributed by atoms with Gasteiger partial charge in [-0.25, -0.2) is 10.2 Å². The topological polar surface area (TPSA) is 59.9 Å². The standard InChI is InChI=1S/C11H14N2O3/c1-8(12-13-11(14)16-3)9-4-6-10(15-2)7-5-9/h4-7H,1-3H3,(H,13,14)/b12-8+. The summed E-state index contributed by atoms with van der Waals surface area (Å²) in [6.45, 7) is 1.79. The van der Waals surface area contributed by atoms with Gasteiger partial charge in [0.25, 0.3) is 0 Å². The van der Waals surface area contributed by atoms with Crippen molar-refractivity contribution in [3.63, 3.8) is 0 Å². The lowest BCUT2D eigenvalue weighted by molar-refractivity contribution is 0.171. The number of hydrogen-bond acceptors (Lipinski definition) is 4. The molecule has 86 valence electrons. The third kappa shape index (κ3) is 3.27. The molecule has 0 atom stereocenters. The molecule has 0 aliphatic rings. The van der Waals surface area contributed by atoms with Gasteiger partial charge in [0.2, 0.25) is 0 Å². The molecule has 0 unspecified atom stereocenters. The second-order valence-corrected chi connectivity index (χ2v) is 3.03. The fraction of sp³-hybridized carbons (Fsp3) is 0.273. The van der Waals surface area contributed by atoms with Gasteiger partial charge in [-0.1, -0.05) is 0 Å². The molecule has 0 aliphatic heterocycles. The van der Waals surface area contributed by atoms with Crippen LogP contribution in [0.1, 0.15) is 12.5 Å². The van der Waals surface area contributed by atoms with E-state index in [1.54, 1.807) is 14.0 Å². The lowest BCUT2D eigenvalue weighted by atomic mass is 10.1. The number of rotatable bonds is 3. The first-order valence-corrected chi connectivity index (χ1v) is 4.70. The fourth-order valence-corrected chi connectivity index (χ4v) is 1.07. The van der Waals surface area contributed by atoms with Crippen molar-refractivity contribution in [3.8, 4) is 5.75 Å². The van der Waals surface area contributed by atoms with E-state index in [-0.39, 0.29) is 0 Å². The van der Waals surface area contributed by atoms with Gasteiger partial charge in [-0.15, -0.1) is 0 Å². The summed E-state index contributed by atoms with van der Waals surface area (Å²) in [7, 11) is 2.89. The zero-order valence-corrected chi connectivity index (χ0v) is 9.48. The third-order valence-electron chi connectivity index (χ3n) is 2.01. The van der Waals surface area contributed by atoms with Gasteiger partial charge >= 0.3 is 6.09 Å². The van der Waals surface area contributed by atoms with Crippen LogP contribution in [-0.4, -0.2) is 26.0 Å². The molecule has 0 radical (unpaired) electrons. The molecule has 0 aromatic heterocycles. The average molecular weight is 222 g/mol. The van der Waals surface area contributed by atoms with Gasteiger partial charge in [0.1, 0.15) is 5.75 Å². The van der Waals surface area contributed by atoms with Gasteiger partial charge < -0.3 is 9.47 Å². The highest BCUT2D eigenvalue weighted by Gasteiger charge is 2.00. The smallest absolute Gasteiger partial charge is 0.427 e. The number of nitrogens with one attached hydrogen (secondary N) is 1. The Morgan fingerprint density at radius 2 is 1.88 bits per heavy atom. The summed E-state index contributed by atoms with van der Waals surface area (Å²) in [5, 5.41) is 3.87. The first-order valence-electron chi connectivity index (χ1n) is 4.70. The molecule has 1 aromatic carbocycles. The average Bonchev–Trinajstić information content (AvgIpc) is 2.35. The maximum atomic E-state index is 10.8. The highest BCUT2D eigenvalue weighted by Crippen LogP contribution is 2.11. The summed E-state index contributed by atoms with van der Waals surface area (Å²) in [6.07, 6.45) is -0.590. The van der Waals surface area contributed by atoms with Gasteiger partial charge in [-0.05, 0) is 36.8 Å². The largest absolute Gasteiger partial charge is 0.497 e. The summed E-state index contributed by atoms with van der Waals surface area (Å²) in [6, 6.07) is 7.37. The first kappa shape index (κ1) is 12.0. The van der Waals surface area contributed by atoms with Crippen LogP contribution in [0, 0.1) is 0 Å². The lowest BCUT2D eigenvalue weighted by Crippen LogP contribution is -2.18. The lowest BCUT2D eigenvalue weighted by Gasteiger charge is -2.03. The number of carbonyl (C=O) groups excluding carboxylic acids is 1. The predicted octanol–water partition coefficient (Wildman–Crippen LogP) is 1.78. The van der Waals surface area contributed by atoms with E-state index in [1.165, 1.54) is 7.11 Å². The summed E-state index contributed by atoms with van der Waals surface area (Å²) in [4.78, 5) is 10.8. The van der Waals surface area contributed by atoms with E-state index in [9.17, 15) is 4.79 Å². The number of nitrogens with zero attached hydrogens (tertiary/aromatic N) is 1. The minimum atomic E-state index is -0.590. The molecular weight excluding hydrogens is 208 g/mol. The molecule has 5 heteroatoms. The van der Waals surface area contributed by atoms with E-state index in [0.29, 0.717) is 5.71 Å². The van der Waals surface area contributed by atoms with E-state index < -0.39 is 6.09 Å². The summed E-state index contributed by atoms with van der Waals surface area (Å²) in [5.74, 6) is 0.775. The van der Waals surface area contributed by atoms with Crippen LogP contribution in [0.25, 0.3) is 0 Å². The zero-order chi connectivity index (χ0) is 12.0. The van der Waals surface area contributed by atoms with Crippen molar-refractivity contribution in [3.05, 3.63) is 29.8 Å². The van der Waals surface area contributed by atoms with Crippen molar-refractivity contribution in [2.24, 2.45) is 5.10 Å². The highest BCUT2D eigenvalue weighted by molar-refractivity contribution is 5.99. The summed E-state index contributed by atoms with van der Waals surface area (Å²) in [5.41, 5.74) is 3.84. The predicted molar refractivity (Wildman–Crippen MR) is 60.7 cm³/mol. The minimum absolute atomic E-state index is 0.590. The number of ether oxygens (including phenoxy) is 2. The van der Waals surface area contributed by atoms with Crippen LogP contribution >= 0.6 is 0 Å². The number of methoxy groups -OCH3 is 2. The van der Waals surface area contributed by atoms with Gasteiger partial charge in [-0.3, -0.25) is 0 Å². The molecule has 1 aromatic rings. The Morgan fingerprint density at radius 1 is 1.25 bits per heavy atom. The van der Waals surface area contributed by atoms with Gasteiger partial charge in [0, 0.05) is 0 Å². The van der Waals surface area contributed by atoms with Crippen molar-refractivity contribution in [2.75, 3.05) is 14.2 Å². The van der Waals surface area contributed by atoms with Crippen molar-refractivity contribution in [2.45, 2.75) is 6.92 Å². The van der Waals surface area contributed by atoms with Crippen LogP contribution in [0.5, 0.6) is 5.75 Å². The van der Waals surface area contributed by atoms with Crippen LogP contribution in [0.15, 0.2) is 29.4 Å². The summed E-state index contributed by atoms with van der Waals surface area (Å²) < 4.78 is 9.43. The van der Waals surface area contributed by atoms with Crippen molar-refractivity contribution < 1.29 is 14.3 Å². The van der Waals surface area contributed by atoms with E-state index in [4.69, 9.17) is 4.74 Å². The molecule has 1 N–H and O–H groups in total.